The van der Waals surface area contributed by atoms with Gasteiger partial charge in [0, 0.05) is 26.1 Å². The van der Waals surface area contributed by atoms with Crippen molar-refractivity contribution in [3.8, 4) is 0 Å². The minimum absolute atomic E-state index is 0.226. The molecule has 1 saturated heterocycles. The van der Waals surface area contributed by atoms with Crippen LogP contribution in [0.2, 0.25) is 0 Å². The van der Waals surface area contributed by atoms with Crippen LogP contribution in [0, 0.1) is 5.92 Å². The molecule has 0 atom stereocenters. The van der Waals surface area contributed by atoms with E-state index in [-0.39, 0.29) is 5.91 Å². The molecule has 3 heteroatoms. The maximum Gasteiger partial charge on any atom is 0.219 e. The summed E-state index contributed by atoms with van der Waals surface area (Å²) in [7, 11) is 0. The molecule has 0 aromatic rings. The van der Waals surface area contributed by atoms with Gasteiger partial charge in [-0.05, 0) is 31.7 Å². The van der Waals surface area contributed by atoms with Gasteiger partial charge in [0.05, 0.1) is 0 Å². The summed E-state index contributed by atoms with van der Waals surface area (Å²) in [6, 6.07) is 0.631. The first-order chi connectivity index (χ1) is 9.09. The summed E-state index contributed by atoms with van der Waals surface area (Å²) in [5.74, 6) is 1.08. The van der Waals surface area contributed by atoms with Gasteiger partial charge in [-0.15, -0.1) is 0 Å². The van der Waals surface area contributed by atoms with Crippen molar-refractivity contribution in [2.24, 2.45) is 5.92 Å². The molecule has 0 aliphatic carbocycles. The average molecular weight is 268 g/mol. The van der Waals surface area contributed by atoms with Crippen LogP contribution in [-0.2, 0) is 4.79 Å². The topological polar surface area (TPSA) is 32.3 Å². The van der Waals surface area contributed by atoms with Crippen LogP contribution in [-0.4, -0.2) is 36.5 Å². The Hall–Kier alpha value is -0.570. The van der Waals surface area contributed by atoms with E-state index in [9.17, 15) is 4.79 Å². The van der Waals surface area contributed by atoms with E-state index in [1.807, 2.05) is 4.90 Å². The average Bonchev–Trinajstić information content (AvgIpc) is 2.38. The number of hydrogen-bond acceptors (Lipinski definition) is 2. The lowest BCUT2D eigenvalue weighted by atomic mass is 10.0. The molecule has 19 heavy (non-hydrogen) atoms. The van der Waals surface area contributed by atoms with E-state index >= 15 is 0 Å². The molecule has 1 rings (SSSR count). The maximum atomic E-state index is 11.2. The van der Waals surface area contributed by atoms with Crippen molar-refractivity contribution in [1.82, 2.24) is 10.2 Å². The minimum atomic E-state index is 0.226. The largest absolute Gasteiger partial charge is 0.343 e. The highest BCUT2D eigenvalue weighted by molar-refractivity contribution is 5.73. The molecule has 0 bridgehead atoms. The van der Waals surface area contributed by atoms with Gasteiger partial charge in [0.15, 0.2) is 0 Å². The molecule has 0 aromatic carbocycles. The molecule has 1 N–H and O–H groups in total. The standard InChI is InChI=1S/C16H32N2O/c1-14(2)8-6-4-5-7-11-17-16-9-12-18(13-10-16)15(3)19/h14,16-17H,4-13H2,1-3H3. The Bertz CT molecular complexity index is 245. The van der Waals surface area contributed by atoms with Crippen LogP contribution in [0.25, 0.3) is 0 Å². The van der Waals surface area contributed by atoms with Crippen LogP contribution in [0.4, 0.5) is 0 Å². The molecule has 1 heterocycles. The number of unbranched alkanes of at least 4 members (excludes halogenated alkanes) is 3. The second kappa shape index (κ2) is 9.35. The molecule has 1 aliphatic rings. The molecule has 1 fully saturated rings. The van der Waals surface area contributed by atoms with Crippen molar-refractivity contribution in [3.05, 3.63) is 0 Å². The van der Waals surface area contributed by atoms with E-state index in [2.05, 4.69) is 19.2 Å². The second-order valence-electron chi connectivity index (χ2n) is 6.33. The minimum Gasteiger partial charge on any atom is -0.343 e. The maximum absolute atomic E-state index is 11.2. The van der Waals surface area contributed by atoms with Crippen molar-refractivity contribution in [2.45, 2.75) is 71.8 Å². The zero-order chi connectivity index (χ0) is 14.1. The highest BCUT2D eigenvalue weighted by Crippen LogP contribution is 2.11. The quantitative estimate of drug-likeness (QED) is 0.686. The van der Waals surface area contributed by atoms with Crippen molar-refractivity contribution in [3.63, 3.8) is 0 Å². The van der Waals surface area contributed by atoms with Gasteiger partial charge < -0.3 is 10.2 Å². The Morgan fingerprint density at radius 1 is 1.16 bits per heavy atom. The summed E-state index contributed by atoms with van der Waals surface area (Å²) in [5, 5.41) is 3.64. The van der Waals surface area contributed by atoms with Crippen LogP contribution in [0.15, 0.2) is 0 Å². The highest BCUT2D eigenvalue weighted by atomic mass is 16.2. The molecule has 112 valence electrons. The fourth-order valence-corrected chi connectivity index (χ4v) is 2.74. The third kappa shape index (κ3) is 7.56. The molecule has 3 nitrogen and oxygen atoms in total. The van der Waals surface area contributed by atoms with Gasteiger partial charge in [0.1, 0.15) is 0 Å². The molecule has 1 amide bonds. The van der Waals surface area contributed by atoms with Gasteiger partial charge in [-0.1, -0.05) is 39.5 Å². The zero-order valence-electron chi connectivity index (χ0n) is 13.1. The number of amides is 1. The number of nitrogens with one attached hydrogen (secondary N) is 1. The van der Waals surface area contributed by atoms with Crippen molar-refractivity contribution in [2.75, 3.05) is 19.6 Å². The van der Waals surface area contributed by atoms with E-state index in [1.165, 1.54) is 32.1 Å². The first-order valence-corrected chi connectivity index (χ1v) is 8.08. The summed E-state index contributed by atoms with van der Waals surface area (Å²) < 4.78 is 0. The van der Waals surface area contributed by atoms with Crippen LogP contribution in [0.5, 0.6) is 0 Å². The normalized spacial score (nSPS) is 17.2. The number of rotatable bonds is 8. The molecule has 0 aromatic heterocycles. The van der Waals surface area contributed by atoms with E-state index in [0.29, 0.717) is 6.04 Å². The smallest absolute Gasteiger partial charge is 0.219 e. The number of hydrogen-bond donors (Lipinski definition) is 1. The summed E-state index contributed by atoms with van der Waals surface area (Å²) >= 11 is 0. The van der Waals surface area contributed by atoms with Gasteiger partial charge in [0.25, 0.3) is 0 Å². The Morgan fingerprint density at radius 2 is 1.79 bits per heavy atom. The molecule has 0 radical (unpaired) electrons. The molecule has 1 aliphatic heterocycles. The van der Waals surface area contributed by atoms with Gasteiger partial charge in [-0.2, -0.15) is 0 Å². The fourth-order valence-electron chi connectivity index (χ4n) is 2.74. The van der Waals surface area contributed by atoms with E-state index in [1.54, 1.807) is 6.92 Å². The van der Waals surface area contributed by atoms with Gasteiger partial charge >= 0.3 is 0 Å². The summed E-state index contributed by atoms with van der Waals surface area (Å²) in [6.07, 6.45) is 9.02. The number of carbonyl (C=O) groups is 1. The Balaban J connectivity index is 1.92. The lowest BCUT2D eigenvalue weighted by Gasteiger charge is -2.31. The lowest BCUT2D eigenvalue weighted by Crippen LogP contribution is -2.44. The number of piperidine rings is 1. The number of carbonyl (C=O) groups excluding carboxylic acids is 1. The molecule has 0 saturated carbocycles. The van der Waals surface area contributed by atoms with E-state index < -0.39 is 0 Å². The van der Waals surface area contributed by atoms with Crippen molar-refractivity contribution < 1.29 is 4.79 Å². The number of likely N-dealkylation sites (tertiary alicyclic amines) is 1. The van der Waals surface area contributed by atoms with Crippen molar-refractivity contribution in [1.29, 1.82) is 0 Å². The van der Waals surface area contributed by atoms with Gasteiger partial charge in [-0.25, -0.2) is 0 Å². The van der Waals surface area contributed by atoms with Gasteiger partial charge in [0.2, 0.25) is 5.91 Å². The van der Waals surface area contributed by atoms with Crippen LogP contribution in [0.3, 0.4) is 0 Å². The molecular formula is C16H32N2O. The summed E-state index contributed by atoms with van der Waals surface area (Å²) in [5.41, 5.74) is 0. The molecule has 0 spiro atoms. The third-order valence-electron chi connectivity index (χ3n) is 4.08. The first-order valence-electron chi connectivity index (χ1n) is 8.08. The van der Waals surface area contributed by atoms with Gasteiger partial charge in [-0.3, -0.25) is 4.79 Å². The van der Waals surface area contributed by atoms with Crippen molar-refractivity contribution >= 4 is 5.91 Å². The Labute approximate surface area is 119 Å². The van der Waals surface area contributed by atoms with Crippen LogP contribution >= 0.6 is 0 Å². The second-order valence-corrected chi connectivity index (χ2v) is 6.33. The number of nitrogens with zero attached hydrogens (tertiary/aromatic N) is 1. The summed E-state index contributed by atoms with van der Waals surface area (Å²) in [4.78, 5) is 13.2. The first kappa shape index (κ1) is 16.5. The Morgan fingerprint density at radius 3 is 2.37 bits per heavy atom. The monoisotopic (exact) mass is 268 g/mol. The van der Waals surface area contributed by atoms with Crippen LogP contribution in [0.1, 0.15) is 65.7 Å². The van der Waals surface area contributed by atoms with E-state index in [4.69, 9.17) is 0 Å². The lowest BCUT2D eigenvalue weighted by molar-refractivity contribution is -0.129. The van der Waals surface area contributed by atoms with E-state index in [0.717, 1.165) is 38.4 Å². The summed E-state index contributed by atoms with van der Waals surface area (Å²) in [6.45, 7) is 9.28. The Kier molecular flexibility index (Phi) is 8.11. The highest BCUT2D eigenvalue weighted by Gasteiger charge is 2.19. The fraction of sp³-hybridized carbons (Fsp3) is 0.938. The predicted octanol–water partition coefficient (Wildman–Crippen LogP) is 3.19. The zero-order valence-corrected chi connectivity index (χ0v) is 13.1. The predicted molar refractivity (Wildman–Crippen MR) is 81.2 cm³/mol. The SMILES string of the molecule is CC(=O)N1CCC(NCCCCCCC(C)C)CC1. The van der Waals surface area contributed by atoms with Crippen LogP contribution < -0.4 is 5.32 Å². The third-order valence-corrected chi connectivity index (χ3v) is 4.08. The molecular weight excluding hydrogens is 236 g/mol. The molecule has 0 unspecified atom stereocenters.